The molecule has 1 aliphatic heterocycles. The quantitative estimate of drug-likeness (QED) is 0.847. The normalized spacial score (nSPS) is 15.2. The molecule has 2 N–H and O–H groups in total. The van der Waals surface area contributed by atoms with E-state index < -0.39 is 12.6 Å². The van der Waals surface area contributed by atoms with Gasteiger partial charge in [0.25, 0.3) is 0 Å². The predicted octanol–water partition coefficient (Wildman–Crippen LogP) is 1.94. The molecular weight excluding hydrogens is 310 g/mol. The van der Waals surface area contributed by atoms with Crippen LogP contribution in [0, 0.1) is 0 Å². The molecule has 1 amide bonds. The summed E-state index contributed by atoms with van der Waals surface area (Å²) in [5, 5.41) is 11.5. The number of benzene rings is 2. The summed E-state index contributed by atoms with van der Waals surface area (Å²) in [7, 11) is 0. The molecule has 2 aromatic carbocycles. The summed E-state index contributed by atoms with van der Waals surface area (Å²) >= 11 is 0. The van der Waals surface area contributed by atoms with Crippen molar-refractivity contribution in [2.75, 3.05) is 13.2 Å². The fourth-order valence-corrected chi connectivity index (χ4v) is 2.58. The molecule has 0 saturated carbocycles. The van der Waals surface area contributed by atoms with Crippen molar-refractivity contribution in [2.24, 2.45) is 0 Å². The van der Waals surface area contributed by atoms with Gasteiger partial charge < -0.3 is 19.9 Å². The van der Waals surface area contributed by atoms with Gasteiger partial charge in [-0.3, -0.25) is 4.79 Å². The van der Waals surface area contributed by atoms with E-state index in [4.69, 9.17) is 14.6 Å². The summed E-state index contributed by atoms with van der Waals surface area (Å²) in [5.41, 5.74) is 1.73. The van der Waals surface area contributed by atoms with Gasteiger partial charge in [0.1, 0.15) is 24.0 Å². The van der Waals surface area contributed by atoms with Crippen molar-refractivity contribution in [3.05, 3.63) is 59.7 Å². The van der Waals surface area contributed by atoms with E-state index in [1.54, 1.807) is 18.2 Å². The molecule has 24 heavy (non-hydrogen) atoms. The molecule has 6 heteroatoms. The lowest BCUT2D eigenvalue weighted by atomic mass is 10.0. The maximum Gasteiger partial charge on any atom is 0.341 e. The Hall–Kier alpha value is -3.02. The Morgan fingerprint density at radius 1 is 1.21 bits per heavy atom. The van der Waals surface area contributed by atoms with Gasteiger partial charge in [-0.2, -0.15) is 0 Å². The van der Waals surface area contributed by atoms with Crippen LogP contribution in [0.4, 0.5) is 0 Å². The lowest BCUT2D eigenvalue weighted by Gasteiger charge is -2.11. The van der Waals surface area contributed by atoms with E-state index in [-0.39, 0.29) is 11.8 Å². The van der Waals surface area contributed by atoms with Gasteiger partial charge in [-0.25, -0.2) is 4.79 Å². The monoisotopic (exact) mass is 327 g/mol. The van der Waals surface area contributed by atoms with Crippen LogP contribution in [0.25, 0.3) is 0 Å². The third-order valence-corrected chi connectivity index (χ3v) is 3.74. The second kappa shape index (κ2) is 7.04. The van der Waals surface area contributed by atoms with Gasteiger partial charge in [0.2, 0.25) is 5.91 Å². The second-order valence-electron chi connectivity index (χ2n) is 5.45. The molecule has 0 aliphatic carbocycles. The van der Waals surface area contributed by atoms with Gasteiger partial charge in [-0.05, 0) is 23.8 Å². The number of nitrogens with one attached hydrogen (secondary N) is 1. The summed E-state index contributed by atoms with van der Waals surface area (Å²) in [6, 6.07) is 14.5. The Balaban J connectivity index is 1.59. The zero-order valence-electron chi connectivity index (χ0n) is 12.9. The number of carboxylic acid groups (broad SMARTS) is 1. The minimum Gasteiger partial charge on any atom is -0.492 e. The SMILES string of the molecule is O=C(O)COc1cccc(CNC(=O)C2COc3ccccc32)c1. The summed E-state index contributed by atoms with van der Waals surface area (Å²) in [5.74, 6) is -0.238. The summed E-state index contributed by atoms with van der Waals surface area (Å²) in [6.45, 7) is 0.278. The van der Waals surface area contributed by atoms with E-state index in [0.29, 0.717) is 18.9 Å². The van der Waals surface area contributed by atoms with Crippen molar-refractivity contribution in [2.45, 2.75) is 12.5 Å². The standard InChI is InChI=1S/C18H17NO5/c20-17(21)11-23-13-5-3-4-12(8-13)9-19-18(22)15-10-24-16-7-2-1-6-14(15)16/h1-8,15H,9-11H2,(H,19,22)(H,20,21). The van der Waals surface area contributed by atoms with Crippen LogP contribution in [0.5, 0.6) is 11.5 Å². The summed E-state index contributed by atoms with van der Waals surface area (Å²) in [6.07, 6.45) is 0. The highest BCUT2D eigenvalue weighted by Crippen LogP contribution is 2.33. The topological polar surface area (TPSA) is 84.9 Å². The molecular formula is C18H17NO5. The van der Waals surface area contributed by atoms with Crippen molar-refractivity contribution < 1.29 is 24.2 Å². The highest BCUT2D eigenvalue weighted by molar-refractivity contribution is 5.85. The lowest BCUT2D eigenvalue weighted by Crippen LogP contribution is -2.29. The molecule has 2 aromatic rings. The molecule has 1 unspecified atom stereocenters. The van der Waals surface area contributed by atoms with Crippen molar-refractivity contribution >= 4 is 11.9 Å². The molecule has 0 spiro atoms. The summed E-state index contributed by atoms with van der Waals surface area (Å²) < 4.78 is 10.7. The Morgan fingerprint density at radius 2 is 2.04 bits per heavy atom. The van der Waals surface area contributed by atoms with Crippen LogP contribution in [0.2, 0.25) is 0 Å². The highest BCUT2D eigenvalue weighted by atomic mass is 16.5. The van der Waals surface area contributed by atoms with E-state index in [9.17, 15) is 9.59 Å². The number of amides is 1. The number of hydrogen-bond donors (Lipinski definition) is 2. The lowest BCUT2D eigenvalue weighted by molar-refractivity contribution is -0.139. The molecule has 0 aromatic heterocycles. The first kappa shape index (κ1) is 15.9. The fourth-order valence-electron chi connectivity index (χ4n) is 2.58. The van der Waals surface area contributed by atoms with Gasteiger partial charge in [0, 0.05) is 12.1 Å². The fraction of sp³-hybridized carbons (Fsp3) is 0.222. The van der Waals surface area contributed by atoms with Gasteiger partial charge >= 0.3 is 5.97 Å². The smallest absolute Gasteiger partial charge is 0.341 e. The number of carbonyl (C=O) groups is 2. The first-order chi connectivity index (χ1) is 11.6. The number of fused-ring (bicyclic) bond motifs is 1. The molecule has 124 valence electrons. The third-order valence-electron chi connectivity index (χ3n) is 3.74. The van der Waals surface area contributed by atoms with Crippen LogP contribution in [-0.2, 0) is 16.1 Å². The average molecular weight is 327 g/mol. The van der Waals surface area contributed by atoms with E-state index in [1.165, 1.54) is 0 Å². The van der Waals surface area contributed by atoms with Crippen LogP contribution in [0.1, 0.15) is 17.0 Å². The number of carbonyl (C=O) groups excluding carboxylic acids is 1. The first-order valence-electron chi connectivity index (χ1n) is 7.56. The Bertz CT molecular complexity index is 759. The number of carboxylic acids is 1. The van der Waals surface area contributed by atoms with Crippen molar-refractivity contribution in [1.29, 1.82) is 0 Å². The van der Waals surface area contributed by atoms with Crippen LogP contribution in [0.3, 0.4) is 0 Å². The number of para-hydroxylation sites is 1. The van der Waals surface area contributed by atoms with E-state index in [2.05, 4.69) is 5.32 Å². The van der Waals surface area contributed by atoms with Gasteiger partial charge in [-0.15, -0.1) is 0 Å². The van der Waals surface area contributed by atoms with Gasteiger partial charge in [-0.1, -0.05) is 30.3 Å². The maximum atomic E-state index is 12.4. The second-order valence-corrected chi connectivity index (χ2v) is 5.45. The number of rotatable bonds is 6. The zero-order valence-corrected chi connectivity index (χ0v) is 12.9. The van der Waals surface area contributed by atoms with Crippen molar-refractivity contribution in [3.63, 3.8) is 0 Å². The molecule has 6 nitrogen and oxygen atoms in total. The van der Waals surface area contributed by atoms with Crippen molar-refractivity contribution in [3.8, 4) is 11.5 Å². The molecule has 0 fully saturated rings. The number of aliphatic carboxylic acids is 1. The first-order valence-corrected chi connectivity index (χ1v) is 7.56. The number of ether oxygens (including phenoxy) is 2. The van der Waals surface area contributed by atoms with Crippen LogP contribution >= 0.6 is 0 Å². The Labute approximate surface area is 139 Å². The van der Waals surface area contributed by atoms with Gasteiger partial charge in [0.05, 0.1) is 0 Å². The third kappa shape index (κ3) is 3.65. The zero-order chi connectivity index (χ0) is 16.9. The molecule has 1 heterocycles. The van der Waals surface area contributed by atoms with Crippen molar-refractivity contribution in [1.82, 2.24) is 5.32 Å². The number of hydrogen-bond acceptors (Lipinski definition) is 4. The van der Waals surface area contributed by atoms with E-state index in [0.717, 1.165) is 16.9 Å². The Morgan fingerprint density at radius 3 is 2.88 bits per heavy atom. The Kier molecular flexibility index (Phi) is 4.65. The molecule has 0 bridgehead atoms. The average Bonchev–Trinajstić information content (AvgIpc) is 3.02. The van der Waals surface area contributed by atoms with Crippen LogP contribution < -0.4 is 14.8 Å². The van der Waals surface area contributed by atoms with Gasteiger partial charge in [0.15, 0.2) is 6.61 Å². The molecule has 1 atom stereocenters. The molecule has 0 saturated heterocycles. The minimum absolute atomic E-state index is 0.100. The molecule has 3 rings (SSSR count). The van der Waals surface area contributed by atoms with E-state index >= 15 is 0 Å². The maximum absolute atomic E-state index is 12.4. The van der Waals surface area contributed by atoms with Crippen LogP contribution in [-0.4, -0.2) is 30.2 Å². The van der Waals surface area contributed by atoms with Crippen LogP contribution in [0.15, 0.2) is 48.5 Å². The molecule has 0 radical (unpaired) electrons. The van der Waals surface area contributed by atoms with E-state index in [1.807, 2.05) is 30.3 Å². The predicted molar refractivity (Wildman–Crippen MR) is 86.1 cm³/mol. The molecule has 1 aliphatic rings. The highest BCUT2D eigenvalue weighted by Gasteiger charge is 2.29. The summed E-state index contributed by atoms with van der Waals surface area (Å²) in [4.78, 5) is 22.9. The largest absolute Gasteiger partial charge is 0.492 e. The minimum atomic E-state index is -1.03.